The Hall–Kier alpha value is -1.60. The van der Waals surface area contributed by atoms with Crippen LogP contribution in [0, 0.1) is 5.41 Å². The van der Waals surface area contributed by atoms with Gasteiger partial charge in [0.25, 0.3) is 5.91 Å². The highest BCUT2D eigenvalue weighted by Gasteiger charge is 2.32. The van der Waals surface area contributed by atoms with Gasteiger partial charge in [-0.15, -0.1) is 12.4 Å². The molecule has 0 saturated carbocycles. The van der Waals surface area contributed by atoms with E-state index in [0.29, 0.717) is 29.4 Å². The third-order valence-electron chi connectivity index (χ3n) is 4.76. The minimum absolute atomic E-state index is 0. The molecule has 2 aromatic rings. The second-order valence-electron chi connectivity index (χ2n) is 6.53. The number of hydrogen-bond acceptors (Lipinski definition) is 4. The van der Waals surface area contributed by atoms with Crippen molar-refractivity contribution < 1.29 is 9.53 Å². The zero-order chi connectivity index (χ0) is 17.7. The molecule has 142 valence electrons. The van der Waals surface area contributed by atoms with Crippen molar-refractivity contribution in [1.29, 1.82) is 0 Å². The molecular weight excluding hydrogens is 375 g/mol. The van der Waals surface area contributed by atoms with Crippen LogP contribution in [-0.4, -0.2) is 49.5 Å². The molecule has 3 rings (SSSR count). The fourth-order valence-electron chi connectivity index (χ4n) is 3.29. The van der Waals surface area contributed by atoms with Gasteiger partial charge in [-0.05, 0) is 38.1 Å². The molecule has 0 radical (unpaired) electrons. The largest absolute Gasteiger partial charge is 0.384 e. The Kier molecular flexibility index (Phi) is 7.46. The second kappa shape index (κ2) is 9.37. The Morgan fingerprint density at radius 2 is 2.00 bits per heavy atom. The first-order valence-electron chi connectivity index (χ1n) is 8.41. The van der Waals surface area contributed by atoms with Gasteiger partial charge >= 0.3 is 0 Å². The van der Waals surface area contributed by atoms with Gasteiger partial charge in [0, 0.05) is 29.7 Å². The summed E-state index contributed by atoms with van der Waals surface area (Å²) < 4.78 is 5.40. The number of amides is 1. The number of benzene rings is 1. The minimum Gasteiger partial charge on any atom is -0.384 e. The van der Waals surface area contributed by atoms with Crippen molar-refractivity contribution in [2.75, 3.05) is 33.4 Å². The lowest BCUT2D eigenvalue weighted by molar-refractivity contribution is 0.0512. The Morgan fingerprint density at radius 1 is 1.31 bits per heavy atom. The third kappa shape index (κ3) is 4.76. The van der Waals surface area contributed by atoms with E-state index < -0.39 is 0 Å². The molecule has 1 aliphatic heterocycles. The molecule has 1 saturated heterocycles. The van der Waals surface area contributed by atoms with Gasteiger partial charge in [0.15, 0.2) is 0 Å². The molecule has 1 aliphatic rings. The number of aromatic nitrogens is 2. The molecule has 0 spiro atoms. The molecule has 0 unspecified atom stereocenters. The lowest BCUT2D eigenvalue weighted by atomic mass is 9.79. The normalized spacial score (nSPS) is 15.9. The van der Waals surface area contributed by atoms with Gasteiger partial charge in [0.1, 0.15) is 0 Å². The molecule has 6 nitrogen and oxygen atoms in total. The van der Waals surface area contributed by atoms with Crippen LogP contribution in [0.2, 0.25) is 5.02 Å². The number of halogens is 2. The summed E-state index contributed by atoms with van der Waals surface area (Å²) in [6.07, 6.45) is 3.53. The number of ether oxygens (including phenoxy) is 1. The number of H-pyrrole nitrogens is 1. The van der Waals surface area contributed by atoms with Crippen LogP contribution in [0.15, 0.2) is 30.5 Å². The molecule has 0 atom stereocenters. The summed E-state index contributed by atoms with van der Waals surface area (Å²) in [5.41, 5.74) is 2.09. The Bertz CT molecular complexity index is 707. The van der Waals surface area contributed by atoms with Crippen LogP contribution in [-0.2, 0) is 4.74 Å². The number of rotatable bonds is 6. The first-order valence-corrected chi connectivity index (χ1v) is 8.78. The summed E-state index contributed by atoms with van der Waals surface area (Å²) in [6, 6.07) is 7.32. The van der Waals surface area contributed by atoms with Crippen molar-refractivity contribution in [2.24, 2.45) is 5.41 Å². The highest BCUT2D eigenvalue weighted by molar-refractivity contribution is 6.30. The van der Waals surface area contributed by atoms with Gasteiger partial charge in [-0.3, -0.25) is 9.89 Å². The molecule has 26 heavy (non-hydrogen) atoms. The van der Waals surface area contributed by atoms with Gasteiger partial charge in [-0.2, -0.15) is 5.10 Å². The second-order valence-corrected chi connectivity index (χ2v) is 6.97. The predicted octanol–water partition coefficient (Wildman–Crippen LogP) is 2.90. The molecule has 8 heteroatoms. The van der Waals surface area contributed by atoms with Crippen LogP contribution in [0.1, 0.15) is 23.2 Å². The van der Waals surface area contributed by atoms with Crippen LogP contribution in [0.3, 0.4) is 0 Å². The van der Waals surface area contributed by atoms with Crippen LogP contribution < -0.4 is 10.6 Å². The summed E-state index contributed by atoms with van der Waals surface area (Å²) in [6.45, 7) is 3.12. The number of aromatic amines is 1. The fourth-order valence-corrected chi connectivity index (χ4v) is 3.42. The predicted molar refractivity (Wildman–Crippen MR) is 105 cm³/mol. The highest BCUT2D eigenvalue weighted by Crippen LogP contribution is 2.29. The minimum atomic E-state index is -0.132. The van der Waals surface area contributed by atoms with Gasteiger partial charge in [0.2, 0.25) is 0 Å². The maximum Gasteiger partial charge on any atom is 0.255 e. The lowest BCUT2D eigenvalue weighted by Gasteiger charge is -2.37. The average molecular weight is 399 g/mol. The van der Waals surface area contributed by atoms with Crippen molar-refractivity contribution in [2.45, 2.75) is 12.8 Å². The van der Waals surface area contributed by atoms with Gasteiger partial charge < -0.3 is 15.4 Å². The Labute approximate surface area is 164 Å². The summed E-state index contributed by atoms with van der Waals surface area (Å²) in [4.78, 5) is 12.7. The topological polar surface area (TPSA) is 79.0 Å². The monoisotopic (exact) mass is 398 g/mol. The molecule has 0 bridgehead atoms. The van der Waals surface area contributed by atoms with Crippen molar-refractivity contribution >= 4 is 29.9 Å². The van der Waals surface area contributed by atoms with E-state index in [1.54, 1.807) is 25.4 Å². The maximum absolute atomic E-state index is 12.7. The SMILES string of the molecule is COCC1(CNC(=O)c2cn[nH]c2-c2ccc(Cl)cc2)CCNCC1.Cl. The van der Waals surface area contributed by atoms with E-state index in [1.807, 2.05) is 12.1 Å². The van der Waals surface area contributed by atoms with Gasteiger partial charge in [-0.1, -0.05) is 23.7 Å². The first kappa shape index (κ1) is 20.7. The summed E-state index contributed by atoms with van der Waals surface area (Å²) in [5.74, 6) is -0.132. The summed E-state index contributed by atoms with van der Waals surface area (Å²) in [7, 11) is 1.71. The van der Waals surface area contributed by atoms with Crippen LogP contribution in [0.4, 0.5) is 0 Å². The van der Waals surface area contributed by atoms with E-state index in [1.165, 1.54) is 0 Å². The molecule has 1 aromatic heterocycles. The van der Waals surface area contributed by atoms with Crippen molar-refractivity contribution in [3.8, 4) is 11.3 Å². The number of carbonyl (C=O) groups excluding carboxylic acids is 1. The van der Waals surface area contributed by atoms with E-state index in [4.69, 9.17) is 16.3 Å². The fraction of sp³-hybridized carbons (Fsp3) is 0.444. The number of carbonyl (C=O) groups is 1. The third-order valence-corrected chi connectivity index (χ3v) is 5.01. The molecule has 1 fully saturated rings. The molecule has 2 heterocycles. The molecule has 1 aromatic carbocycles. The number of nitrogens with one attached hydrogen (secondary N) is 3. The number of nitrogens with zero attached hydrogens (tertiary/aromatic N) is 1. The van der Waals surface area contributed by atoms with Crippen molar-refractivity contribution in [1.82, 2.24) is 20.8 Å². The Morgan fingerprint density at radius 3 is 2.65 bits per heavy atom. The van der Waals surface area contributed by atoms with E-state index in [-0.39, 0.29) is 23.7 Å². The molecule has 3 N–H and O–H groups in total. The van der Waals surface area contributed by atoms with Crippen LogP contribution in [0.5, 0.6) is 0 Å². The zero-order valence-electron chi connectivity index (χ0n) is 14.7. The highest BCUT2D eigenvalue weighted by atomic mass is 35.5. The standard InChI is InChI=1S/C18H23ClN4O2.ClH/c1-25-12-18(6-8-20-9-7-18)11-21-17(24)15-10-22-23-16(15)13-2-4-14(19)5-3-13;/h2-5,10,20H,6-9,11-12H2,1H3,(H,21,24)(H,22,23);1H. The van der Waals surface area contributed by atoms with E-state index in [9.17, 15) is 4.79 Å². The first-order chi connectivity index (χ1) is 12.1. The van der Waals surface area contributed by atoms with Crippen LogP contribution in [0.25, 0.3) is 11.3 Å². The lowest BCUT2D eigenvalue weighted by Crippen LogP contribution is -2.47. The zero-order valence-corrected chi connectivity index (χ0v) is 16.3. The van der Waals surface area contributed by atoms with Gasteiger partial charge in [-0.25, -0.2) is 0 Å². The quantitative estimate of drug-likeness (QED) is 0.698. The Balaban J connectivity index is 0.00000243. The smallest absolute Gasteiger partial charge is 0.255 e. The van der Waals surface area contributed by atoms with Crippen molar-refractivity contribution in [3.63, 3.8) is 0 Å². The maximum atomic E-state index is 12.7. The molecule has 1 amide bonds. The number of hydrogen-bond donors (Lipinski definition) is 3. The number of piperidine rings is 1. The molecule has 0 aliphatic carbocycles. The molecular formula is C18H24Cl2N4O2. The van der Waals surface area contributed by atoms with E-state index in [2.05, 4.69) is 20.8 Å². The van der Waals surface area contributed by atoms with E-state index >= 15 is 0 Å². The summed E-state index contributed by atoms with van der Waals surface area (Å²) in [5, 5.41) is 14.0. The average Bonchev–Trinajstić information content (AvgIpc) is 3.11. The summed E-state index contributed by atoms with van der Waals surface area (Å²) >= 11 is 5.93. The van der Waals surface area contributed by atoms with Gasteiger partial charge in [0.05, 0.1) is 24.1 Å². The van der Waals surface area contributed by atoms with Crippen LogP contribution >= 0.6 is 24.0 Å². The van der Waals surface area contributed by atoms with E-state index in [0.717, 1.165) is 31.5 Å². The van der Waals surface area contributed by atoms with Crippen molar-refractivity contribution in [3.05, 3.63) is 41.0 Å². The number of methoxy groups -OCH3 is 1.